The summed E-state index contributed by atoms with van der Waals surface area (Å²) in [4.78, 5) is 18.4. The number of nitrogens with zero attached hydrogens (tertiary/aromatic N) is 2. The number of pyridine rings is 1. The maximum Gasteiger partial charge on any atom is 0.256 e. The highest BCUT2D eigenvalue weighted by molar-refractivity contribution is 5.99. The molecular weight excluding hydrogens is 226 g/mol. The third-order valence-corrected chi connectivity index (χ3v) is 3.94. The fraction of sp³-hybridized carbons (Fsp3) is 0.571. The molecule has 0 radical (unpaired) electrons. The second-order valence-corrected chi connectivity index (χ2v) is 5.48. The van der Waals surface area contributed by atoms with Gasteiger partial charge in [-0.1, -0.05) is 13.8 Å². The van der Waals surface area contributed by atoms with E-state index in [4.69, 9.17) is 5.73 Å². The van der Waals surface area contributed by atoms with E-state index in [1.807, 2.05) is 4.90 Å². The van der Waals surface area contributed by atoms with E-state index < -0.39 is 0 Å². The number of piperidine rings is 1. The molecule has 1 aromatic rings. The van der Waals surface area contributed by atoms with Crippen molar-refractivity contribution < 1.29 is 4.79 Å². The Morgan fingerprint density at radius 2 is 2.17 bits per heavy atom. The lowest BCUT2D eigenvalue weighted by Crippen LogP contribution is -2.49. The van der Waals surface area contributed by atoms with Crippen molar-refractivity contribution in [1.29, 1.82) is 0 Å². The number of nitrogen functional groups attached to an aromatic ring is 1. The zero-order valence-electron chi connectivity index (χ0n) is 11.3. The van der Waals surface area contributed by atoms with Crippen molar-refractivity contribution in [2.24, 2.45) is 11.8 Å². The summed E-state index contributed by atoms with van der Waals surface area (Å²) in [5, 5.41) is 0. The van der Waals surface area contributed by atoms with Gasteiger partial charge in [-0.3, -0.25) is 9.78 Å². The molecule has 98 valence electrons. The van der Waals surface area contributed by atoms with Gasteiger partial charge in [0.2, 0.25) is 0 Å². The Labute approximate surface area is 108 Å². The summed E-state index contributed by atoms with van der Waals surface area (Å²) < 4.78 is 0. The Balaban J connectivity index is 2.25. The number of amides is 1. The third-order valence-electron chi connectivity index (χ3n) is 3.94. The molecule has 2 heterocycles. The third kappa shape index (κ3) is 2.33. The van der Waals surface area contributed by atoms with E-state index in [0.717, 1.165) is 6.54 Å². The highest BCUT2D eigenvalue weighted by atomic mass is 16.2. The van der Waals surface area contributed by atoms with E-state index in [1.54, 1.807) is 12.3 Å². The molecule has 1 amide bonds. The van der Waals surface area contributed by atoms with Gasteiger partial charge < -0.3 is 10.6 Å². The highest BCUT2D eigenvalue weighted by Gasteiger charge is 2.32. The number of likely N-dealkylation sites (tertiary alicyclic amines) is 1. The van der Waals surface area contributed by atoms with Crippen molar-refractivity contribution in [3.8, 4) is 0 Å². The van der Waals surface area contributed by atoms with Crippen LogP contribution in [-0.4, -0.2) is 28.4 Å². The number of aromatic nitrogens is 1. The van der Waals surface area contributed by atoms with Crippen LogP contribution in [-0.2, 0) is 0 Å². The molecule has 3 atom stereocenters. The summed E-state index contributed by atoms with van der Waals surface area (Å²) in [6.45, 7) is 7.33. The van der Waals surface area contributed by atoms with E-state index in [9.17, 15) is 4.79 Å². The molecule has 4 nitrogen and oxygen atoms in total. The molecule has 0 aliphatic carbocycles. The Morgan fingerprint density at radius 3 is 2.83 bits per heavy atom. The number of nitrogens with two attached hydrogens (primary N) is 1. The van der Waals surface area contributed by atoms with Gasteiger partial charge in [-0.15, -0.1) is 0 Å². The van der Waals surface area contributed by atoms with Crippen molar-refractivity contribution in [2.45, 2.75) is 33.2 Å². The molecule has 1 aromatic heterocycles. The number of hydrogen-bond acceptors (Lipinski definition) is 3. The monoisotopic (exact) mass is 247 g/mol. The second kappa shape index (κ2) is 4.96. The van der Waals surface area contributed by atoms with Crippen LogP contribution in [0.2, 0.25) is 0 Å². The average molecular weight is 247 g/mol. The number of rotatable bonds is 1. The fourth-order valence-corrected chi connectivity index (χ4v) is 2.74. The van der Waals surface area contributed by atoms with Crippen LogP contribution in [0.15, 0.2) is 18.5 Å². The zero-order chi connectivity index (χ0) is 13.3. The summed E-state index contributed by atoms with van der Waals surface area (Å²) in [7, 11) is 0. The Morgan fingerprint density at radius 1 is 1.44 bits per heavy atom. The van der Waals surface area contributed by atoms with Crippen LogP contribution < -0.4 is 5.73 Å². The molecule has 1 fully saturated rings. The second-order valence-electron chi connectivity index (χ2n) is 5.48. The lowest BCUT2D eigenvalue weighted by Gasteiger charge is -2.41. The quantitative estimate of drug-likeness (QED) is 0.827. The molecule has 1 saturated heterocycles. The standard InChI is InChI=1S/C14H21N3O/c1-9-6-10(2)11(3)17(8-9)14(18)12-4-5-16-7-13(12)15/h4-5,7,9-11H,6,8,15H2,1-3H3. The smallest absolute Gasteiger partial charge is 0.256 e. The van der Waals surface area contributed by atoms with Crippen molar-refractivity contribution in [3.05, 3.63) is 24.0 Å². The predicted octanol–water partition coefficient (Wildman–Crippen LogP) is 2.17. The number of carbonyl (C=O) groups excluding carboxylic acids is 1. The van der Waals surface area contributed by atoms with Crippen molar-refractivity contribution in [1.82, 2.24) is 9.88 Å². The van der Waals surface area contributed by atoms with Crippen molar-refractivity contribution >= 4 is 11.6 Å². The van der Waals surface area contributed by atoms with E-state index in [1.165, 1.54) is 12.6 Å². The van der Waals surface area contributed by atoms with Crippen LogP contribution in [0.3, 0.4) is 0 Å². The molecule has 4 heteroatoms. The first-order valence-corrected chi connectivity index (χ1v) is 6.51. The number of carbonyl (C=O) groups is 1. The normalized spacial score (nSPS) is 28.2. The van der Waals surface area contributed by atoms with Crippen LogP contribution in [0.25, 0.3) is 0 Å². The summed E-state index contributed by atoms with van der Waals surface area (Å²) >= 11 is 0. The number of anilines is 1. The van der Waals surface area contributed by atoms with Crippen LogP contribution in [0.4, 0.5) is 5.69 Å². The lowest BCUT2D eigenvalue weighted by molar-refractivity contribution is 0.0456. The van der Waals surface area contributed by atoms with Crippen LogP contribution in [0.5, 0.6) is 0 Å². The van der Waals surface area contributed by atoms with E-state index >= 15 is 0 Å². The Bertz CT molecular complexity index is 446. The van der Waals surface area contributed by atoms with Gasteiger partial charge in [-0.2, -0.15) is 0 Å². The lowest BCUT2D eigenvalue weighted by atomic mass is 9.85. The van der Waals surface area contributed by atoms with Gasteiger partial charge in [-0.25, -0.2) is 0 Å². The van der Waals surface area contributed by atoms with Gasteiger partial charge in [0.25, 0.3) is 5.91 Å². The minimum absolute atomic E-state index is 0.0285. The van der Waals surface area contributed by atoms with Crippen LogP contribution >= 0.6 is 0 Å². The molecule has 1 aliphatic heterocycles. The van der Waals surface area contributed by atoms with E-state index in [0.29, 0.717) is 23.1 Å². The number of hydrogen-bond donors (Lipinski definition) is 1. The first kappa shape index (κ1) is 12.9. The molecule has 0 spiro atoms. The first-order chi connectivity index (χ1) is 8.50. The van der Waals surface area contributed by atoms with Crippen LogP contribution in [0, 0.1) is 11.8 Å². The van der Waals surface area contributed by atoms with Gasteiger partial charge in [0, 0.05) is 18.8 Å². The Kier molecular flexibility index (Phi) is 3.55. The van der Waals surface area contributed by atoms with E-state index in [-0.39, 0.29) is 11.9 Å². The predicted molar refractivity (Wildman–Crippen MR) is 72.1 cm³/mol. The highest BCUT2D eigenvalue weighted by Crippen LogP contribution is 2.28. The van der Waals surface area contributed by atoms with Gasteiger partial charge in [0.15, 0.2) is 0 Å². The maximum atomic E-state index is 12.5. The van der Waals surface area contributed by atoms with E-state index in [2.05, 4.69) is 25.8 Å². The van der Waals surface area contributed by atoms with Crippen LogP contribution in [0.1, 0.15) is 37.6 Å². The van der Waals surface area contributed by atoms with Crippen molar-refractivity contribution in [3.63, 3.8) is 0 Å². The minimum atomic E-state index is 0.0285. The first-order valence-electron chi connectivity index (χ1n) is 6.51. The summed E-state index contributed by atoms with van der Waals surface area (Å²) in [5.41, 5.74) is 6.86. The molecule has 0 bridgehead atoms. The van der Waals surface area contributed by atoms with Gasteiger partial charge in [0.1, 0.15) is 0 Å². The largest absolute Gasteiger partial charge is 0.397 e. The SMILES string of the molecule is CC1CC(C)C(C)N(C(=O)c2ccncc2N)C1. The molecule has 2 N–H and O–H groups in total. The van der Waals surface area contributed by atoms with Gasteiger partial charge in [0.05, 0.1) is 17.4 Å². The minimum Gasteiger partial charge on any atom is -0.397 e. The maximum absolute atomic E-state index is 12.5. The average Bonchev–Trinajstić information content (AvgIpc) is 2.33. The molecule has 0 saturated carbocycles. The Hall–Kier alpha value is -1.58. The molecule has 2 rings (SSSR count). The summed E-state index contributed by atoms with van der Waals surface area (Å²) in [6.07, 6.45) is 4.33. The topological polar surface area (TPSA) is 59.2 Å². The summed E-state index contributed by atoms with van der Waals surface area (Å²) in [6, 6.07) is 1.97. The fourth-order valence-electron chi connectivity index (χ4n) is 2.74. The van der Waals surface area contributed by atoms with Gasteiger partial charge in [-0.05, 0) is 31.2 Å². The summed E-state index contributed by atoms with van der Waals surface area (Å²) in [5.74, 6) is 1.10. The molecular formula is C14H21N3O. The molecule has 0 aromatic carbocycles. The van der Waals surface area contributed by atoms with Crippen molar-refractivity contribution in [2.75, 3.05) is 12.3 Å². The molecule has 18 heavy (non-hydrogen) atoms. The molecule has 1 aliphatic rings. The van der Waals surface area contributed by atoms with Gasteiger partial charge >= 0.3 is 0 Å². The molecule has 3 unspecified atom stereocenters. The zero-order valence-corrected chi connectivity index (χ0v) is 11.3.